The molecule has 0 radical (unpaired) electrons. The molecule has 3 N–H and O–H groups in total. The molecule has 0 saturated carbocycles. The number of methoxy groups -OCH3 is 2. The van der Waals surface area contributed by atoms with E-state index in [-0.39, 0.29) is 22.8 Å². The number of nitrogens with two attached hydrogens (primary N) is 1. The molecule has 1 aromatic heterocycles. The first-order valence-electron chi connectivity index (χ1n) is 8.43. The number of sulfonamides is 1. The molecule has 9 nitrogen and oxygen atoms in total. The van der Waals surface area contributed by atoms with Gasteiger partial charge in [-0.3, -0.25) is 0 Å². The molecule has 0 bridgehead atoms. The fraction of sp³-hybridized carbons (Fsp3) is 0.158. The van der Waals surface area contributed by atoms with Crippen molar-refractivity contribution >= 4 is 15.7 Å². The van der Waals surface area contributed by atoms with Crippen molar-refractivity contribution in [2.45, 2.75) is 11.4 Å². The van der Waals surface area contributed by atoms with Crippen molar-refractivity contribution in [2.24, 2.45) is 0 Å². The molecule has 29 heavy (non-hydrogen) atoms. The standard InChI is InChI=1S/C19H19N5O4S/c1-27-16-5-3-14(18(8-16)28-2)11-23-29(25,26)19-7-15(21)4-6-17(19)24-12-13(9-20)10-22-24/h3-8,10,12,23H,11,21H2,1-2H3. The molecule has 0 aliphatic rings. The lowest BCUT2D eigenvalue weighted by molar-refractivity contribution is 0.390. The molecule has 150 valence electrons. The molecular weight excluding hydrogens is 394 g/mol. The number of nitrogen functional groups attached to an aromatic ring is 1. The van der Waals surface area contributed by atoms with E-state index < -0.39 is 10.0 Å². The Balaban J connectivity index is 1.94. The van der Waals surface area contributed by atoms with Gasteiger partial charge in [-0.25, -0.2) is 17.8 Å². The summed E-state index contributed by atoms with van der Waals surface area (Å²) in [5, 5.41) is 13.0. The molecule has 0 aliphatic carbocycles. The molecule has 0 atom stereocenters. The molecule has 3 aromatic rings. The Hall–Kier alpha value is -3.55. The fourth-order valence-corrected chi connectivity index (χ4v) is 3.93. The maximum absolute atomic E-state index is 13.0. The van der Waals surface area contributed by atoms with Crippen molar-refractivity contribution in [3.8, 4) is 23.3 Å². The number of hydrogen-bond donors (Lipinski definition) is 2. The Bertz CT molecular complexity index is 1180. The van der Waals surface area contributed by atoms with Crippen LogP contribution in [0.25, 0.3) is 5.69 Å². The lowest BCUT2D eigenvalue weighted by Gasteiger charge is -2.14. The smallest absolute Gasteiger partial charge is 0.243 e. The molecule has 0 aliphatic heterocycles. The average Bonchev–Trinajstić information content (AvgIpc) is 3.21. The van der Waals surface area contributed by atoms with E-state index in [1.807, 2.05) is 6.07 Å². The molecule has 0 saturated heterocycles. The van der Waals surface area contributed by atoms with E-state index in [2.05, 4.69) is 9.82 Å². The third kappa shape index (κ3) is 4.31. The summed E-state index contributed by atoms with van der Waals surface area (Å²) in [6.07, 6.45) is 2.79. The van der Waals surface area contributed by atoms with Crippen LogP contribution in [0.4, 0.5) is 5.69 Å². The molecule has 3 rings (SSSR count). The van der Waals surface area contributed by atoms with Gasteiger partial charge in [-0.05, 0) is 24.3 Å². The number of anilines is 1. The average molecular weight is 413 g/mol. The number of nitrogens with one attached hydrogen (secondary N) is 1. The van der Waals surface area contributed by atoms with Gasteiger partial charge in [-0.2, -0.15) is 10.4 Å². The summed E-state index contributed by atoms with van der Waals surface area (Å²) < 4.78 is 40.4. The zero-order chi connectivity index (χ0) is 21.0. The minimum atomic E-state index is -3.96. The summed E-state index contributed by atoms with van der Waals surface area (Å²) in [7, 11) is -0.932. The summed E-state index contributed by atoms with van der Waals surface area (Å²) in [5.41, 5.74) is 7.30. The Morgan fingerprint density at radius 3 is 2.66 bits per heavy atom. The second-order valence-electron chi connectivity index (χ2n) is 6.01. The lowest BCUT2D eigenvalue weighted by atomic mass is 10.2. The molecular formula is C19H19N5O4S. The quantitative estimate of drug-likeness (QED) is 0.565. The Morgan fingerprint density at radius 2 is 2.00 bits per heavy atom. The van der Waals surface area contributed by atoms with Crippen LogP contribution >= 0.6 is 0 Å². The largest absolute Gasteiger partial charge is 0.497 e. The van der Waals surface area contributed by atoms with E-state index in [0.717, 1.165) is 0 Å². The van der Waals surface area contributed by atoms with Gasteiger partial charge in [0.15, 0.2) is 0 Å². The normalized spacial score (nSPS) is 11.1. The van der Waals surface area contributed by atoms with Gasteiger partial charge in [0.05, 0.1) is 31.7 Å². The number of nitrogens with zero attached hydrogens (tertiary/aromatic N) is 3. The van der Waals surface area contributed by atoms with E-state index in [0.29, 0.717) is 22.6 Å². The minimum absolute atomic E-state index is 0.00765. The first kappa shape index (κ1) is 20.2. The van der Waals surface area contributed by atoms with E-state index >= 15 is 0 Å². The van der Waals surface area contributed by atoms with Gasteiger partial charge in [0.25, 0.3) is 0 Å². The summed E-state index contributed by atoms with van der Waals surface area (Å²) in [5.74, 6) is 1.09. The number of hydrogen-bond acceptors (Lipinski definition) is 7. The van der Waals surface area contributed by atoms with Crippen molar-refractivity contribution in [1.29, 1.82) is 5.26 Å². The van der Waals surface area contributed by atoms with Gasteiger partial charge in [0.1, 0.15) is 22.5 Å². The Morgan fingerprint density at radius 1 is 1.21 bits per heavy atom. The zero-order valence-electron chi connectivity index (χ0n) is 15.8. The zero-order valence-corrected chi connectivity index (χ0v) is 16.6. The summed E-state index contributed by atoms with van der Waals surface area (Å²) in [6, 6.07) is 11.5. The van der Waals surface area contributed by atoms with E-state index in [9.17, 15) is 8.42 Å². The molecule has 0 unspecified atom stereocenters. The van der Waals surface area contributed by atoms with Gasteiger partial charge >= 0.3 is 0 Å². The topological polar surface area (TPSA) is 132 Å². The van der Waals surface area contributed by atoms with E-state index in [4.69, 9.17) is 20.5 Å². The first-order valence-corrected chi connectivity index (χ1v) is 9.91. The number of rotatable bonds is 7. The highest BCUT2D eigenvalue weighted by atomic mass is 32.2. The van der Waals surface area contributed by atoms with Crippen molar-refractivity contribution in [3.63, 3.8) is 0 Å². The van der Waals surface area contributed by atoms with Crippen LogP contribution in [0.2, 0.25) is 0 Å². The van der Waals surface area contributed by atoms with Crippen molar-refractivity contribution in [1.82, 2.24) is 14.5 Å². The fourth-order valence-electron chi connectivity index (χ4n) is 2.70. The lowest BCUT2D eigenvalue weighted by Crippen LogP contribution is -2.25. The summed E-state index contributed by atoms with van der Waals surface area (Å²) in [4.78, 5) is -0.0578. The molecule has 0 spiro atoms. The molecule has 0 amide bonds. The van der Waals surface area contributed by atoms with Gasteiger partial charge in [0, 0.05) is 30.1 Å². The second-order valence-corrected chi connectivity index (χ2v) is 7.75. The van der Waals surface area contributed by atoms with Crippen LogP contribution in [0, 0.1) is 11.3 Å². The van der Waals surface area contributed by atoms with Crippen LogP contribution < -0.4 is 19.9 Å². The van der Waals surface area contributed by atoms with Crippen LogP contribution in [-0.2, 0) is 16.6 Å². The first-order chi connectivity index (χ1) is 13.9. The molecule has 0 fully saturated rings. The SMILES string of the molecule is COc1ccc(CNS(=O)(=O)c2cc(N)ccc2-n2cc(C#N)cn2)c(OC)c1. The van der Waals surface area contributed by atoms with Crippen LogP contribution in [0.5, 0.6) is 11.5 Å². The molecule has 1 heterocycles. The van der Waals surface area contributed by atoms with Gasteiger partial charge in [-0.1, -0.05) is 6.07 Å². The van der Waals surface area contributed by atoms with Crippen molar-refractivity contribution < 1.29 is 17.9 Å². The summed E-state index contributed by atoms with van der Waals surface area (Å²) >= 11 is 0. The van der Waals surface area contributed by atoms with E-state index in [1.54, 1.807) is 24.3 Å². The van der Waals surface area contributed by atoms with Crippen LogP contribution in [0.15, 0.2) is 53.7 Å². The Labute approximate surface area is 168 Å². The Kier molecular flexibility index (Phi) is 5.72. The predicted octanol–water partition coefficient (Wildman–Crippen LogP) is 1.82. The monoisotopic (exact) mass is 413 g/mol. The number of ether oxygens (including phenoxy) is 2. The molecule has 2 aromatic carbocycles. The highest BCUT2D eigenvalue weighted by molar-refractivity contribution is 7.89. The van der Waals surface area contributed by atoms with Crippen molar-refractivity contribution in [2.75, 3.05) is 20.0 Å². The highest BCUT2D eigenvalue weighted by Crippen LogP contribution is 2.26. The molecule has 10 heteroatoms. The van der Waals surface area contributed by atoms with Gasteiger partial charge in [-0.15, -0.1) is 0 Å². The third-order valence-corrected chi connectivity index (χ3v) is 5.61. The van der Waals surface area contributed by atoms with E-state index in [1.165, 1.54) is 43.4 Å². The maximum atomic E-state index is 13.0. The van der Waals surface area contributed by atoms with Crippen LogP contribution in [0.1, 0.15) is 11.1 Å². The van der Waals surface area contributed by atoms with Gasteiger partial charge in [0.2, 0.25) is 10.0 Å². The number of aromatic nitrogens is 2. The summed E-state index contributed by atoms with van der Waals surface area (Å²) in [6.45, 7) is -0.00765. The van der Waals surface area contributed by atoms with Crippen molar-refractivity contribution in [3.05, 3.63) is 59.9 Å². The number of benzene rings is 2. The number of nitriles is 1. The maximum Gasteiger partial charge on any atom is 0.243 e. The van der Waals surface area contributed by atoms with Crippen LogP contribution in [0.3, 0.4) is 0 Å². The highest BCUT2D eigenvalue weighted by Gasteiger charge is 2.21. The third-order valence-electron chi connectivity index (χ3n) is 4.18. The second kappa shape index (κ2) is 8.22. The van der Waals surface area contributed by atoms with Gasteiger partial charge < -0.3 is 15.2 Å². The predicted molar refractivity (Wildman–Crippen MR) is 106 cm³/mol. The minimum Gasteiger partial charge on any atom is -0.497 e. The van der Waals surface area contributed by atoms with Crippen LogP contribution in [-0.4, -0.2) is 32.4 Å².